The van der Waals surface area contributed by atoms with Gasteiger partial charge in [0.15, 0.2) is 11.5 Å². The molecule has 0 unspecified atom stereocenters. The number of nitrogens with one attached hydrogen (secondary N) is 1. The number of esters is 1. The van der Waals surface area contributed by atoms with Gasteiger partial charge in [0.2, 0.25) is 5.95 Å². The summed E-state index contributed by atoms with van der Waals surface area (Å²) in [4.78, 5) is 47.6. The van der Waals surface area contributed by atoms with Gasteiger partial charge in [-0.15, -0.1) is 0 Å². The Morgan fingerprint density at radius 2 is 1.59 bits per heavy atom. The average molecular weight is 803 g/mol. The van der Waals surface area contributed by atoms with E-state index in [0.29, 0.717) is 86.2 Å². The van der Waals surface area contributed by atoms with Crippen LogP contribution in [-0.2, 0) is 20.4 Å². The number of hydrogen-bond acceptors (Lipinski definition) is 11. The summed E-state index contributed by atoms with van der Waals surface area (Å²) in [6, 6.07) is 7.16. The van der Waals surface area contributed by atoms with Gasteiger partial charge in [0, 0.05) is 69.2 Å². The topological polar surface area (TPSA) is 146 Å². The van der Waals surface area contributed by atoms with Crippen LogP contribution in [0.1, 0.15) is 101 Å². The molecular formula is C42H49F3N8O5. The third-order valence-electron chi connectivity index (χ3n) is 12.8. The van der Waals surface area contributed by atoms with E-state index in [-0.39, 0.29) is 35.5 Å². The monoisotopic (exact) mass is 802 g/mol. The average Bonchev–Trinajstić information content (AvgIpc) is 3.57. The normalized spacial score (nSPS) is 26.6. The highest BCUT2D eigenvalue weighted by Crippen LogP contribution is 2.59. The van der Waals surface area contributed by atoms with Crippen molar-refractivity contribution in [3.05, 3.63) is 54.1 Å². The smallest absolute Gasteiger partial charge is 0.434 e. The highest BCUT2D eigenvalue weighted by Gasteiger charge is 2.63. The first-order valence-corrected chi connectivity index (χ1v) is 20.5. The summed E-state index contributed by atoms with van der Waals surface area (Å²) in [6.45, 7) is 7.76. The number of hydrogen-bond donors (Lipinski definition) is 1. The van der Waals surface area contributed by atoms with Crippen molar-refractivity contribution >= 4 is 28.7 Å². The van der Waals surface area contributed by atoms with Crippen LogP contribution < -0.4 is 15.0 Å². The van der Waals surface area contributed by atoms with E-state index in [0.717, 1.165) is 38.5 Å². The zero-order chi connectivity index (χ0) is 40.4. The highest BCUT2D eigenvalue weighted by molar-refractivity contribution is 6.00. The molecule has 3 aromatic heterocycles. The van der Waals surface area contributed by atoms with E-state index in [1.165, 1.54) is 0 Å². The third kappa shape index (κ3) is 7.25. The maximum absolute atomic E-state index is 15.0. The number of ether oxygens (including phenoxy) is 3. The minimum Gasteiger partial charge on any atom is -0.490 e. The first-order chi connectivity index (χ1) is 27.7. The van der Waals surface area contributed by atoms with Gasteiger partial charge in [-0.25, -0.2) is 24.7 Å². The van der Waals surface area contributed by atoms with Crippen LogP contribution in [0.3, 0.4) is 0 Å². The van der Waals surface area contributed by atoms with Gasteiger partial charge in [-0.1, -0.05) is 0 Å². The van der Waals surface area contributed by atoms with Crippen LogP contribution >= 0.6 is 0 Å². The molecule has 13 nitrogen and oxygen atoms in total. The first kappa shape index (κ1) is 38.6. The number of nitrogens with zero attached hydrogens (tertiary/aromatic N) is 7. The lowest BCUT2D eigenvalue weighted by molar-refractivity contribution is -0.180. The lowest BCUT2D eigenvalue weighted by Crippen LogP contribution is -2.71. The van der Waals surface area contributed by atoms with E-state index < -0.39 is 40.5 Å². The molecule has 1 N–H and O–H groups in total. The second-order valence-corrected chi connectivity index (χ2v) is 17.8. The number of fused-ring (bicyclic) bond motifs is 1. The Morgan fingerprint density at radius 1 is 0.914 bits per heavy atom. The maximum Gasteiger partial charge on any atom is 0.434 e. The second kappa shape index (κ2) is 14.8. The molecule has 4 aliphatic carbocycles. The van der Waals surface area contributed by atoms with Gasteiger partial charge < -0.3 is 24.4 Å². The first-order valence-electron chi connectivity index (χ1n) is 20.5. The molecule has 5 heterocycles. The number of benzene rings is 1. The second-order valence-electron chi connectivity index (χ2n) is 17.8. The Balaban J connectivity index is 1.03. The molecule has 2 aliphatic heterocycles. The van der Waals surface area contributed by atoms with E-state index in [1.807, 2.05) is 10.7 Å². The van der Waals surface area contributed by atoms with Gasteiger partial charge in [0.25, 0.3) is 5.91 Å². The van der Waals surface area contributed by atoms with Gasteiger partial charge in [-0.3, -0.25) is 9.48 Å². The molecule has 4 bridgehead atoms. The van der Waals surface area contributed by atoms with Crippen molar-refractivity contribution in [1.82, 2.24) is 35.0 Å². The number of alkyl halides is 3. The van der Waals surface area contributed by atoms with Crippen molar-refractivity contribution in [2.45, 2.75) is 108 Å². The standard InChI is InChI=1S/C42H49F3N8O5/c1-40(2,3)58-38(55)41(26-18-24-17-25(20-26)21-27(41)19-24)50-37(54)32-23-48-36(49-35(32)42(43,44)45)34-31-6-5-30(22-33(31)53(51-34)28-9-15-56-16-10-28)57-29-7-13-52(14-8-29)39-46-11-4-12-47-39/h4-6,11-12,22-29H,7-10,13-21H2,1-3H3,(H,50,54). The number of carbonyl (C=O) groups excluding carboxylic acids is 2. The molecular weight excluding hydrogens is 754 g/mol. The SMILES string of the molecule is CC(C)(C)OC(=O)C1(NC(=O)c2cnc(-c3nn(C4CCOCC4)c4cc(OC5CCN(c6ncccn6)CC5)ccc34)nc2C(F)(F)F)C2CC3CC(C2)CC1C3. The van der Waals surface area contributed by atoms with Crippen LogP contribution in [0, 0.1) is 23.7 Å². The predicted octanol–water partition coefficient (Wildman–Crippen LogP) is 6.97. The summed E-state index contributed by atoms with van der Waals surface area (Å²) in [5.41, 5.74) is -3.60. The van der Waals surface area contributed by atoms with Crippen molar-refractivity contribution in [2.24, 2.45) is 23.7 Å². The quantitative estimate of drug-likeness (QED) is 0.184. The molecule has 4 saturated carbocycles. The summed E-state index contributed by atoms with van der Waals surface area (Å²) < 4.78 is 64.9. The molecule has 1 aromatic carbocycles. The molecule has 16 heteroatoms. The molecule has 58 heavy (non-hydrogen) atoms. The summed E-state index contributed by atoms with van der Waals surface area (Å²) in [6.07, 6.45) is 6.09. The largest absolute Gasteiger partial charge is 0.490 e. The van der Waals surface area contributed by atoms with Gasteiger partial charge in [-0.05, 0) is 108 Å². The van der Waals surface area contributed by atoms with Crippen LogP contribution in [0.15, 0.2) is 42.9 Å². The minimum absolute atomic E-state index is 0.0546. The van der Waals surface area contributed by atoms with Crippen molar-refractivity contribution < 1.29 is 37.0 Å². The fraction of sp³-hybridized carbons (Fsp3) is 0.595. The fourth-order valence-electron chi connectivity index (χ4n) is 10.4. The van der Waals surface area contributed by atoms with Gasteiger partial charge in [0.05, 0.1) is 17.1 Å². The molecule has 4 aromatic rings. The van der Waals surface area contributed by atoms with Crippen molar-refractivity contribution in [3.8, 4) is 17.3 Å². The van der Waals surface area contributed by atoms with E-state index >= 15 is 13.2 Å². The van der Waals surface area contributed by atoms with E-state index in [4.69, 9.17) is 19.3 Å². The molecule has 0 spiro atoms. The van der Waals surface area contributed by atoms with Crippen LogP contribution in [0.5, 0.6) is 5.75 Å². The number of amides is 1. The number of anilines is 1. The lowest BCUT2D eigenvalue weighted by Gasteiger charge is -2.59. The summed E-state index contributed by atoms with van der Waals surface area (Å²) in [7, 11) is 0. The fourth-order valence-corrected chi connectivity index (χ4v) is 10.4. The highest BCUT2D eigenvalue weighted by atomic mass is 19.4. The van der Waals surface area contributed by atoms with Gasteiger partial charge in [-0.2, -0.15) is 18.3 Å². The number of piperidine rings is 1. The van der Waals surface area contributed by atoms with Gasteiger partial charge >= 0.3 is 12.1 Å². The van der Waals surface area contributed by atoms with E-state index in [2.05, 4.69) is 30.2 Å². The van der Waals surface area contributed by atoms with E-state index in [1.54, 1.807) is 51.4 Å². The molecule has 308 valence electrons. The zero-order valence-electron chi connectivity index (χ0n) is 33.0. The Morgan fingerprint density at radius 3 is 2.22 bits per heavy atom. The third-order valence-corrected chi connectivity index (χ3v) is 12.8. The molecule has 1 amide bonds. The zero-order valence-corrected chi connectivity index (χ0v) is 33.0. The molecule has 0 atom stereocenters. The van der Waals surface area contributed by atoms with Crippen molar-refractivity contribution in [2.75, 3.05) is 31.2 Å². The van der Waals surface area contributed by atoms with Crippen LogP contribution in [0.25, 0.3) is 22.4 Å². The Kier molecular flexibility index (Phi) is 9.83. The molecule has 6 aliphatic rings. The van der Waals surface area contributed by atoms with Gasteiger partial charge in [0.1, 0.15) is 28.7 Å². The number of carbonyl (C=O) groups is 2. The van der Waals surface area contributed by atoms with Crippen LogP contribution in [-0.4, -0.2) is 85.1 Å². The summed E-state index contributed by atoms with van der Waals surface area (Å²) >= 11 is 0. The van der Waals surface area contributed by atoms with Crippen molar-refractivity contribution in [1.29, 1.82) is 0 Å². The molecule has 0 radical (unpaired) electrons. The summed E-state index contributed by atoms with van der Waals surface area (Å²) in [5.74, 6) is -0.202. The number of halogens is 3. The van der Waals surface area contributed by atoms with Crippen LogP contribution in [0.4, 0.5) is 19.1 Å². The number of aromatic nitrogens is 6. The number of rotatable bonds is 8. The molecule has 10 rings (SSSR count). The van der Waals surface area contributed by atoms with Crippen molar-refractivity contribution in [3.63, 3.8) is 0 Å². The summed E-state index contributed by atoms with van der Waals surface area (Å²) in [5, 5.41) is 8.27. The maximum atomic E-state index is 15.0. The van der Waals surface area contributed by atoms with E-state index in [9.17, 15) is 9.59 Å². The van der Waals surface area contributed by atoms with Crippen LogP contribution in [0.2, 0.25) is 0 Å². The minimum atomic E-state index is -5.02. The Bertz CT molecular complexity index is 2150. The molecule has 6 fully saturated rings. The Hall–Kier alpha value is -4.86. The molecule has 2 saturated heterocycles. The Labute approximate surface area is 334 Å². The predicted molar refractivity (Wildman–Crippen MR) is 206 cm³/mol. The lowest BCUT2D eigenvalue weighted by atomic mass is 9.48.